The number of rotatable bonds is 5. The third-order valence-corrected chi connectivity index (χ3v) is 5.13. The van der Waals surface area contributed by atoms with Crippen LogP contribution in [0.1, 0.15) is 5.56 Å². The Balaban J connectivity index is 1.36. The maximum atomic E-state index is 12.4. The van der Waals surface area contributed by atoms with Gasteiger partial charge >= 0.3 is 0 Å². The van der Waals surface area contributed by atoms with Crippen LogP contribution in [0.15, 0.2) is 35.6 Å². The summed E-state index contributed by atoms with van der Waals surface area (Å²) in [4.78, 5) is 25.7. The van der Waals surface area contributed by atoms with Gasteiger partial charge < -0.3 is 19.4 Å². The van der Waals surface area contributed by atoms with E-state index in [1.807, 2.05) is 18.2 Å². The molecule has 1 aromatic carbocycles. The number of ether oxygens (including phenoxy) is 2. The second kappa shape index (κ2) is 7.66. The summed E-state index contributed by atoms with van der Waals surface area (Å²) < 4.78 is 11.1. The summed E-state index contributed by atoms with van der Waals surface area (Å²) >= 11 is 7.26. The van der Waals surface area contributed by atoms with E-state index in [0.717, 1.165) is 22.6 Å². The number of hydrogen-bond donors (Lipinski definition) is 1. The summed E-state index contributed by atoms with van der Waals surface area (Å²) in [5.74, 6) is 1.74. The molecule has 4 rings (SSSR count). The second-order valence-electron chi connectivity index (χ2n) is 6.08. The number of aromatic nitrogens is 3. The van der Waals surface area contributed by atoms with Crippen molar-refractivity contribution in [2.45, 2.75) is 11.7 Å². The van der Waals surface area contributed by atoms with Crippen LogP contribution in [0.5, 0.6) is 11.5 Å². The van der Waals surface area contributed by atoms with Gasteiger partial charge in [-0.15, -0.1) is 0 Å². The van der Waals surface area contributed by atoms with E-state index in [4.69, 9.17) is 21.1 Å². The Bertz CT molecular complexity index is 994. The zero-order chi connectivity index (χ0) is 18.8. The van der Waals surface area contributed by atoms with E-state index in [1.54, 1.807) is 24.2 Å². The molecule has 7 nitrogen and oxygen atoms in total. The molecule has 0 radical (unpaired) electrons. The van der Waals surface area contributed by atoms with E-state index >= 15 is 0 Å². The normalized spacial score (nSPS) is 13.0. The van der Waals surface area contributed by atoms with Crippen molar-refractivity contribution in [1.29, 1.82) is 0 Å². The molecule has 140 valence electrons. The van der Waals surface area contributed by atoms with Gasteiger partial charge in [0, 0.05) is 19.8 Å². The highest BCUT2D eigenvalue weighted by molar-refractivity contribution is 7.99. The molecule has 0 saturated heterocycles. The van der Waals surface area contributed by atoms with Gasteiger partial charge in [0.15, 0.2) is 22.3 Å². The second-order valence-corrected chi connectivity index (χ2v) is 7.48. The summed E-state index contributed by atoms with van der Waals surface area (Å²) in [6.07, 6.45) is 1.55. The van der Waals surface area contributed by atoms with Crippen LogP contribution in [-0.4, -0.2) is 51.8 Å². The smallest absolute Gasteiger partial charge is 0.233 e. The molecule has 3 aromatic rings. The maximum absolute atomic E-state index is 12.4. The minimum absolute atomic E-state index is 0.00124. The average Bonchev–Trinajstić information content (AvgIpc) is 3.08. The van der Waals surface area contributed by atoms with Crippen molar-refractivity contribution in [3.05, 3.63) is 41.0 Å². The van der Waals surface area contributed by atoms with E-state index in [9.17, 15) is 4.79 Å². The maximum Gasteiger partial charge on any atom is 0.233 e. The summed E-state index contributed by atoms with van der Waals surface area (Å²) in [6.45, 7) is 1.60. The van der Waals surface area contributed by atoms with Gasteiger partial charge in [-0.1, -0.05) is 29.4 Å². The molecule has 2 aromatic heterocycles. The Labute approximate surface area is 165 Å². The van der Waals surface area contributed by atoms with Gasteiger partial charge in [-0.05, 0) is 23.8 Å². The first-order valence-electron chi connectivity index (χ1n) is 8.35. The predicted molar refractivity (Wildman–Crippen MR) is 104 cm³/mol. The van der Waals surface area contributed by atoms with Crippen molar-refractivity contribution >= 4 is 40.4 Å². The van der Waals surface area contributed by atoms with Crippen LogP contribution in [-0.2, 0) is 11.3 Å². The van der Waals surface area contributed by atoms with Gasteiger partial charge in [-0.3, -0.25) is 4.79 Å². The molecule has 27 heavy (non-hydrogen) atoms. The third kappa shape index (κ3) is 4.12. The van der Waals surface area contributed by atoms with Gasteiger partial charge in [-0.2, -0.15) is 0 Å². The quantitative estimate of drug-likeness (QED) is 0.658. The fraction of sp³-hybridized carbons (Fsp3) is 0.278. The summed E-state index contributed by atoms with van der Waals surface area (Å²) in [5, 5.41) is 1.18. The zero-order valence-electron chi connectivity index (χ0n) is 14.6. The number of carbonyl (C=O) groups is 1. The Hall–Kier alpha value is -2.45. The molecule has 0 spiro atoms. The van der Waals surface area contributed by atoms with Crippen molar-refractivity contribution in [3.63, 3.8) is 0 Å². The molecule has 0 aliphatic carbocycles. The number of nitrogens with zero attached hydrogens (tertiary/aromatic N) is 3. The number of halogens is 1. The Kier molecular flexibility index (Phi) is 5.09. The molecule has 1 N–H and O–H groups in total. The first kappa shape index (κ1) is 17.9. The number of amides is 1. The van der Waals surface area contributed by atoms with Crippen LogP contribution in [0, 0.1) is 0 Å². The highest BCUT2D eigenvalue weighted by Gasteiger charge is 2.15. The molecule has 1 aliphatic heterocycles. The molecule has 9 heteroatoms. The van der Waals surface area contributed by atoms with E-state index in [0.29, 0.717) is 35.6 Å². The topological polar surface area (TPSA) is 80.3 Å². The number of benzene rings is 1. The molecule has 3 heterocycles. The first-order chi connectivity index (χ1) is 13.1. The van der Waals surface area contributed by atoms with Crippen molar-refractivity contribution in [1.82, 2.24) is 19.9 Å². The van der Waals surface area contributed by atoms with Gasteiger partial charge in [0.1, 0.15) is 13.2 Å². The number of nitrogens with one attached hydrogen (secondary N) is 1. The van der Waals surface area contributed by atoms with Crippen molar-refractivity contribution in [2.75, 3.05) is 26.0 Å². The molecule has 0 saturated carbocycles. The standard InChI is InChI=1S/C18H17ClN4O3S/c1-23(9-11-2-3-14-15(6-11)26-5-4-25-14)16(24)10-27-18-21-13-7-12(19)8-20-17(13)22-18/h2-3,6-8H,4-5,9-10H2,1H3,(H,20,21,22). The predicted octanol–water partition coefficient (Wildman–Crippen LogP) is 3.13. The number of pyridine rings is 1. The first-order valence-corrected chi connectivity index (χ1v) is 9.71. The molecule has 1 aliphatic rings. The Morgan fingerprint density at radius 2 is 2.11 bits per heavy atom. The summed E-state index contributed by atoms with van der Waals surface area (Å²) in [6, 6.07) is 7.50. The third-order valence-electron chi connectivity index (χ3n) is 4.07. The molecule has 0 atom stereocenters. The van der Waals surface area contributed by atoms with Crippen LogP contribution in [0.4, 0.5) is 0 Å². The van der Waals surface area contributed by atoms with Gasteiger partial charge in [0.2, 0.25) is 5.91 Å². The number of carbonyl (C=O) groups excluding carboxylic acids is 1. The Morgan fingerprint density at radius 1 is 1.30 bits per heavy atom. The summed E-state index contributed by atoms with van der Waals surface area (Å²) in [5.41, 5.74) is 2.32. The number of hydrogen-bond acceptors (Lipinski definition) is 6. The number of aromatic amines is 1. The molecular formula is C18H17ClN4O3S. The largest absolute Gasteiger partial charge is 0.486 e. The van der Waals surface area contributed by atoms with Gasteiger partial charge in [0.05, 0.1) is 16.3 Å². The highest BCUT2D eigenvalue weighted by Crippen LogP contribution is 2.31. The fourth-order valence-electron chi connectivity index (χ4n) is 2.71. The number of fused-ring (bicyclic) bond motifs is 2. The Morgan fingerprint density at radius 3 is 2.96 bits per heavy atom. The monoisotopic (exact) mass is 404 g/mol. The van der Waals surface area contributed by atoms with E-state index in [2.05, 4.69) is 15.0 Å². The molecule has 0 bridgehead atoms. The highest BCUT2D eigenvalue weighted by atomic mass is 35.5. The average molecular weight is 405 g/mol. The molecule has 0 fully saturated rings. The van der Waals surface area contributed by atoms with Crippen LogP contribution >= 0.6 is 23.4 Å². The molecule has 1 amide bonds. The van der Waals surface area contributed by atoms with Crippen LogP contribution in [0.2, 0.25) is 5.02 Å². The summed E-state index contributed by atoms with van der Waals surface area (Å²) in [7, 11) is 1.78. The van der Waals surface area contributed by atoms with Crippen molar-refractivity contribution < 1.29 is 14.3 Å². The van der Waals surface area contributed by atoms with Gasteiger partial charge in [-0.25, -0.2) is 9.97 Å². The number of thioether (sulfide) groups is 1. The number of H-pyrrole nitrogens is 1. The molecule has 0 unspecified atom stereocenters. The lowest BCUT2D eigenvalue weighted by Crippen LogP contribution is -2.28. The van der Waals surface area contributed by atoms with Crippen LogP contribution < -0.4 is 9.47 Å². The lowest BCUT2D eigenvalue weighted by molar-refractivity contribution is -0.127. The van der Waals surface area contributed by atoms with E-state index in [1.165, 1.54) is 11.8 Å². The zero-order valence-corrected chi connectivity index (χ0v) is 16.1. The van der Waals surface area contributed by atoms with Crippen LogP contribution in [0.25, 0.3) is 11.2 Å². The van der Waals surface area contributed by atoms with Gasteiger partial charge in [0.25, 0.3) is 0 Å². The van der Waals surface area contributed by atoms with E-state index in [-0.39, 0.29) is 11.7 Å². The SMILES string of the molecule is CN(Cc1ccc2c(c1)OCCO2)C(=O)CSc1nc2ncc(Cl)cc2[nH]1. The lowest BCUT2D eigenvalue weighted by atomic mass is 10.2. The van der Waals surface area contributed by atoms with Crippen molar-refractivity contribution in [3.8, 4) is 11.5 Å². The number of imidazole rings is 1. The molecular weight excluding hydrogens is 388 g/mol. The van der Waals surface area contributed by atoms with Crippen molar-refractivity contribution in [2.24, 2.45) is 0 Å². The minimum Gasteiger partial charge on any atom is -0.486 e. The van der Waals surface area contributed by atoms with Crippen LogP contribution in [0.3, 0.4) is 0 Å². The van der Waals surface area contributed by atoms with E-state index < -0.39 is 0 Å². The fourth-order valence-corrected chi connectivity index (χ4v) is 3.68. The lowest BCUT2D eigenvalue weighted by Gasteiger charge is -2.21. The minimum atomic E-state index is 0.00124.